The van der Waals surface area contributed by atoms with Crippen molar-refractivity contribution in [1.29, 1.82) is 5.26 Å². The van der Waals surface area contributed by atoms with E-state index >= 15 is 0 Å². The van der Waals surface area contributed by atoms with Gasteiger partial charge in [-0.3, -0.25) is 4.79 Å². The van der Waals surface area contributed by atoms with Gasteiger partial charge >= 0.3 is 0 Å². The van der Waals surface area contributed by atoms with Crippen molar-refractivity contribution in [2.45, 2.75) is 26.2 Å². The van der Waals surface area contributed by atoms with Crippen LogP contribution in [0.15, 0.2) is 0 Å². The third kappa shape index (κ3) is 2.71. The van der Waals surface area contributed by atoms with Crippen LogP contribution in [0.1, 0.15) is 26.2 Å². The second-order valence-electron chi connectivity index (χ2n) is 4.01. The standard InChI is InChI=1S/C10H17N3O/c1-10(4-2-6-12-8-10)9(14)13-7-3-5-11/h12H,2-4,6-8H2,1H3,(H,13,14). The summed E-state index contributed by atoms with van der Waals surface area (Å²) >= 11 is 0. The summed E-state index contributed by atoms with van der Waals surface area (Å²) in [6.07, 6.45) is 2.36. The highest BCUT2D eigenvalue weighted by Crippen LogP contribution is 2.25. The van der Waals surface area contributed by atoms with Crippen molar-refractivity contribution in [3.63, 3.8) is 0 Å². The summed E-state index contributed by atoms with van der Waals surface area (Å²) in [6, 6.07) is 2.01. The van der Waals surface area contributed by atoms with Crippen LogP contribution >= 0.6 is 0 Å². The van der Waals surface area contributed by atoms with Gasteiger partial charge in [0, 0.05) is 13.1 Å². The summed E-state index contributed by atoms with van der Waals surface area (Å²) < 4.78 is 0. The minimum absolute atomic E-state index is 0.0694. The molecular weight excluding hydrogens is 178 g/mol. The number of carbonyl (C=O) groups is 1. The molecule has 0 radical (unpaired) electrons. The molecule has 1 aliphatic rings. The van der Waals surface area contributed by atoms with Crippen molar-refractivity contribution < 1.29 is 4.79 Å². The second kappa shape index (κ2) is 4.97. The average Bonchev–Trinajstić information content (AvgIpc) is 2.19. The quantitative estimate of drug-likeness (QED) is 0.641. The molecule has 0 saturated carbocycles. The molecule has 1 unspecified atom stereocenters. The number of nitriles is 1. The number of nitrogens with one attached hydrogen (secondary N) is 2. The van der Waals surface area contributed by atoms with Gasteiger partial charge in [-0.05, 0) is 26.3 Å². The van der Waals surface area contributed by atoms with E-state index in [0.717, 1.165) is 25.9 Å². The third-order valence-corrected chi connectivity index (χ3v) is 2.67. The van der Waals surface area contributed by atoms with E-state index in [4.69, 9.17) is 5.26 Å². The van der Waals surface area contributed by atoms with Gasteiger partial charge in [0.2, 0.25) is 5.91 Å². The molecule has 1 fully saturated rings. The largest absolute Gasteiger partial charge is 0.355 e. The molecule has 1 rings (SSSR count). The first kappa shape index (κ1) is 11.0. The monoisotopic (exact) mass is 195 g/mol. The summed E-state index contributed by atoms with van der Waals surface area (Å²) in [4.78, 5) is 11.7. The Balaban J connectivity index is 2.38. The molecule has 0 spiro atoms. The van der Waals surface area contributed by atoms with Crippen LogP contribution in [0.25, 0.3) is 0 Å². The van der Waals surface area contributed by atoms with Gasteiger partial charge < -0.3 is 10.6 Å². The smallest absolute Gasteiger partial charge is 0.227 e. The van der Waals surface area contributed by atoms with Crippen molar-refractivity contribution in [3.05, 3.63) is 0 Å². The minimum atomic E-state index is -0.284. The molecule has 1 aliphatic heterocycles. The molecule has 0 aromatic heterocycles. The zero-order valence-electron chi connectivity index (χ0n) is 8.60. The molecule has 4 heteroatoms. The first-order valence-corrected chi connectivity index (χ1v) is 5.05. The van der Waals surface area contributed by atoms with E-state index in [2.05, 4.69) is 10.6 Å². The molecule has 0 aliphatic carbocycles. The third-order valence-electron chi connectivity index (χ3n) is 2.67. The summed E-state index contributed by atoms with van der Waals surface area (Å²) in [5.41, 5.74) is -0.284. The Morgan fingerprint density at radius 1 is 1.71 bits per heavy atom. The topological polar surface area (TPSA) is 64.9 Å². The lowest BCUT2D eigenvalue weighted by Crippen LogP contribution is -2.48. The summed E-state index contributed by atoms with van der Waals surface area (Å²) in [5, 5.41) is 14.4. The van der Waals surface area contributed by atoms with Crippen LogP contribution in [0.4, 0.5) is 0 Å². The van der Waals surface area contributed by atoms with Crippen LogP contribution in [-0.4, -0.2) is 25.5 Å². The minimum Gasteiger partial charge on any atom is -0.355 e. The van der Waals surface area contributed by atoms with E-state index in [-0.39, 0.29) is 11.3 Å². The van der Waals surface area contributed by atoms with Crippen molar-refractivity contribution in [2.24, 2.45) is 5.41 Å². The number of rotatable bonds is 3. The lowest BCUT2D eigenvalue weighted by molar-refractivity contribution is -0.131. The number of piperidine rings is 1. The Morgan fingerprint density at radius 3 is 3.07 bits per heavy atom. The van der Waals surface area contributed by atoms with Gasteiger partial charge in [-0.15, -0.1) is 0 Å². The fraction of sp³-hybridized carbons (Fsp3) is 0.800. The van der Waals surface area contributed by atoms with E-state index < -0.39 is 0 Å². The van der Waals surface area contributed by atoms with Gasteiger partial charge in [0.15, 0.2) is 0 Å². The summed E-state index contributed by atoms with van der Waals surface area (Å²) in [7, 11) is 0. The highest BCUT2D eigenvalue weighted by atomic mass is 16.2. The lowest BCUT2D eigenvalue weighted by Gasteiger charge is -2.32. The summed E-state index contributed by atoms with van der Waals surface area (Å²) in [6.45, 7) is 4.18. The molecule has 0 aromatic carbocycles. The molecule has 1 atom stereocenters. The predicted molar refractivity (Wildman–Crippen MR) is 53.5 cm³/mol. The summed E-state index contributed by atoms with van der Waals surface area (Å²) in [5.74, 6) is 0.0694. The highest BCUT2D eigenvalue weighted by molar-refractivity contribution is 5.82. The Kier molecular flexibility index (Phi) is 3.90. The maximum atomic E-state index is 11.7. The van der Waals surface area contributed by atoms with E-state index in [1.165, 1.54) is 0 Å². The maximum Gasteiger partial charge on any atom is 0.227 e. The molecular formula is C10H17N3O. The zero-order valence-corrected chi connectivity index (χ0v) is 8.60. The first-order valence-electron chi connectivity index (χ1n) is 5.05. The zero-order chi connectivity index (χ0) is 10.4. The number of hydrogen-bond acceptors (Lipinski definition) is 3. The second-order valence-corrected chi connectivity index (χ2v) is 4.01. The Bertz CT molecular complexity index is 238. The molecule has 14 heavy (non-hydrogen) atoms. The molecule has 1 saturated heterocycles. The fourth-order valence-electron chi connectivity index (χ4n) is 1.70. The SMILES string of the molecule is CC1(C(=O)NCCC#N)CCCNC1. The van der Waals surface area contributed by atoms with Crippen molar-refractivity contribution in [3.8, 4) is 6.07 Å². The average molecular weight is 195 g/mol. The number of hydrogen-bond donors (Lipinski definition) is 2. The molecule has 1 amide bonds. The van der Waals surface area contributed by atoms with Gasteiger partial charge in [0.25, 0.3) is 0 Å². The first-order chi connectivity index (χ1) is 6.69. The van der Waals surface area contributed by atoms with Crippen molar-refractivity contribution in [1.82, 2.24) is 10.6 Å². The number of nitrogens with zero attached hydrogens (tertiary/aromatic N) is 1. The molecule has 0 bridgehead atoms. The van der Waals surface area contributed by atoms with Gasteiger partial charge in [0.05, 0.1) is 17.9 Å². The normalized spacial score (nSPS) is 26.6. The predicted octanol–water partition coefficient (Wildman–Crippen LogP) is 0.406. The molecule has 0 aromatic rings. The fourth-order valence-corrected chi connectivity index (χ4v) is 1.70. The van der Waals surface area contributed by atoms with Gasteiger partial charge in [-0.2, -0.15) is 5.26 Å². The van der Waals surface area contributed by atoms with Crippen LogP contribution in [0, 0.1) is 16.7 Å². The van der Waals surface area contributed by atoms with Crippen molar-refractivity contribution in [2.75, 3.05) is 19.6 Å². The number of amides is 1. The van der Waals surface area contributed by atoms with Gasteiger partial charge in [-0.25, -0.2) is 0 Å². The van der Waals surface area contributed by atoms with Crippen LogP contribution in [-0.2, 0) is 4.79 Å². The van der Waals surface area contributed by atoms with E-state index in [9.17, 15) is 4.79 Å². The Morgan fingerprint density at radius 2 is 2.50 bits per heavy atom. The number of carbonyl (C=O) groups excluding carboxylic acids is 1. The molecule has 4 nitrogen and oxygen atoms in total. The molecule has 78 valence electrons. The molecule has 1 heterocycles. The van der Waals surface area contributed by atoms with Crippen LogP contribution in [0.3, 0.4) is 0 Å². The Labute approximate surface area is 84.7 Å². The van der Waals surface area contributed by atoms with Gasteiger partial charge in [-0.1, -0.05) is 0 Å². The van der Waals surface area contributed by atoms with Crippen LogP contribution in [0.5, 0.6) is 0 Å². The van der Waals surface area contributed by atoms with E-state index in [1.807, 2.05) is 13.0 Å². The molecule has 2 N–H and O–H groups in total. The highest BCUT2D eigenvalue weighted by Gasteiger charge is 2.34. The van der Waals surface area contributed by atoms with Crippen LogP contribution in [0.2, 0.25) is 0 Å². The Hall–Kier alpha value is -1.08. The van der Waals surface area contributed by atoms with E-state index in [0.29, 0.717) is 13.0 Å². The van der Waals surface area contributed by atoms with Gasteiger partial charge in [0.1, 0.15) is 0 Å². The van der Waals surface area contributed by atoms with E-state index in [1.54, 1.807) is 0 Å². The lowest BCUT2D eigenvalue weighted by atomic mass is 9.82. The maximum absolute atomic E-state index is 11.7. The van der Waals surface area contributed by atoms with Crippen LogP contribution < -0.4 is 10.6 Å². The van der Waals surface area contributed by atoms with Crippen molar-refractivity contribution >= 4 is 5.91 Å².